The SMILES string of the molecule is c1ccc(CN2CC(c3nc(-c4ncccn4)no3)C2)cc1. The normalized spacial score (nSPS) is 15.6. The van der Waals surface area contributed by atoms with E-state index in [0.29, 0.717) is 23.5 Å². The zero-order valence-electron chi connectivity index (χ0n) is 12.0. The second-order valence-corrected chi connectivity index (χ2v) is 5.41. The minimum atomic E-state index is 0.300. The van der Waals surface area contributed by atoms with Crippen LogP contribution in [0.15, 0.2) is 53.3 Å². The summed E-state index contributed by atoms with van der Waals surface area (Å²) >= 11 is 0. The fraction of sp³-hybridized carbons (Fsp3) is 0.250. The van der Waals surface area contributed by atoms with Crippen LogP contribution in [0.1, 0.15) is 17.4 Å². The molecule has 110 valence electrons. The van der Waals surface area contributed by atoms with Gasteiger partial charge in [-0.2, -0.15) is 4.98 Å². The highest BCUT2D eigenvalue weighted by Gasteiger charge is 2.32. The van der Waals surface area contributed by atoms with Crippen LogP contribution in [0, 0.1) is 0 Å². The molecule has 22 heavy (non-hydrogen) atoms. The van der Waals surface area contributed by atoms with Gasteiger partial charge in [-0.15, -0.1) is 0 Å². The summed E-state index contributed by atoms with van der Waals surface area (Å²) in [7, 11) is 0. The summed E-state index contributed by atoms with van der Waals surface area (Å²) in [6.07, 6.45) is 3.34. The summed E-state index contributed by atoms with van der Waals surface area (Å²) in [6, 6.07) is 12.2. The highest BCUT2D eigenvalue weighted by Crippen LogP contribution is 2.28. The van der Waals surface area contributed by atoms with Crippen molar-refractivity contribution in [3.05, 3.63) is 60.2 Å². The van der Waals surface area contributed by atoms with Gasteiger partial charge in [0.15, 0.2) is 0 Å². The van der Waals surface area contributed by atoms with E-state index >= 15 is 0 Å². The van der Waals surface area contributed by atoms with Crippen LogP contribution in [0.3, 0.4) is 0 Å². The molecule has 0 N–H and O–H groups in total. The molecule has 2 aromatic heterocycles. The van der Waals surface area contributed by atoms with E-state index in [2.05, 4.69) is 49.3 Å². The molecule has 0 saturated carbocycles. The Hall–Kier alpha value is -2.60. The van der Waals surface area contributed by atoms with E-state index in [0.717, 1.165) is 19.6 Å². The number of benzene rings is 1. The number of hydrogen-bond donors (Lipinski definition) is 0. The van der Waals surface area contributed by atoms with Crippen molar-refractivity contribution in [3.8, 4) is 11.6 Å². The molecular formula is C16H15N5O. The van der Waals surface area contributed by atoms with Gasteiger partial charge in [-0.3, -0.25) is 4.90 Å². The molecule has 3 heterocycles. The lowest BCUT2D eigenvalue weighted by Gasteiger charge is -2.37. The molecule has 4 rings (SSSR count). The summed E-state index contributed by atoms with van der Waals surface area (Å²) < 4.78 is 5.35. The smallest absolute Gasteiger partial charge is 0.240 e. The summed E-state index contributed by atoms with van der Waals surface area (Å²) in [5.74, 6) is 1.93. The average Bonchev–Trinajstić information content (AvgIpc) is 3.02. The Kier molecular flexibility index (Phi) is 3.36. The maximum Gasteiger partial charge on any atom is 0.240 e. The van der Waals surface area contributed by atoms with Crippen LogP contribution in [0.25, 0.3) is 11.6 Å². The van der Waals surface area contributed by atoms with Gasteiger partial charge in [0, 0.05) is 32.0 Å². The van der Waals surface area contributed by atoms with Gasteiger partial charge in [0.2, 0.25) is 17.5 Å². The fourth-order valence-corrected chi connectivity index (χ4v) is 2.60. The third-order valence-electron chi connectivity index (χ3n) is 3.76. The first-order valence-electron chi connectivity index (χ1n) is 7.26. The second kappa shape index (κ2) is 5.65. The Morgan fingerprint density at radius 3 is 2.55 bits per heavy atom. The van der Waals surface area contributed by atoms with E-state index in [-0.39, 0.29) is 0 Å². The maximum atomic E-state index is 5.35. The highest BCUT2D eigenvalue weighted by molar-refractivity contribution is 5.40. The third kappa shape index (κ3) is 2.60. The van der Waals surface area contributed by atoms with Crippen LogP contribution in [0.4, 0.5) is 0 Å². The predicted molar refractivity (Wildman–Crippen MR) is 79.8 cm³/mol. The van der Waals surface area contributed by atoms with Crippen molar-refractivity contribution in [3.63, 3.8) is 0 Å². The van der Waals surface area contributed by atoms with E-state index in [4.69, 9.17) is 4.52 Å². The minimum Gasteiger partial charge on any atom is -0.338 e. The molecule has 0 aliphatic carbocycles. The quantitative estimate of drug-likeness (QED) is 0.734. The number of likely N-dealkylation sites (tertiary alicyclic amines) is 1. The minimum absolute atomic E-state index is 0.300. The lowest BCUT2D eigenvalue weighted by atomic mass is 9.99. The number of hydrogen-bond acceptors (Lipinski definition) is 6. The van der Waals surface area contributed by atoms with Crippen LogP contribution in [0.2, 0.25) is 0 Å². The summed E-state index contributed by atoms with van der Waals surface area (Å²) in [5.41, 5.74) is 1.32. The van der Waals surface area contributed by atoms with Gasteiger partial charge in [-0.05, 0) is 11.6 Å². The zero-order chi connectivity index (χ0) is 14.8. The molecule has 6 heteroatoms. The van der Waals surface area contributed by atoms with Gasteiger partial charge < -0.3 is 4.52 Å². The van der Waals surface area contributed by atoms with Gasteiger partial charge in [0.1, 0.15) is 0 Å². The van der Waals surface area contributed by atoms with Crippen molar-refractivity contribution in [2.75, 3.05) is 13.1 Å². The summed E-state index contributed by atoms with van der Waals surface area (Å²) in [4.78, 5) is 15.0. The van der Waals surface area contributed by atoms with Crippen LogP contribution in [-0.4, -0.2) is 38.1 Å². The first kappa shape index (κ1) is 13.1. The van der Waals surface area contributed by atoms with E-state index in [9.17, 15) is 0 Å². The Morgan fingerprint density at radius 1 is 1.00 bits per heavy atom. The standard InChI is InChI=1S/C16H15N5O/c1-2-5-12(6-3-1)9-21-10-13(11-21)16-19-15(20-22-16)14-17-7-4-8-18-14/h1-8,13H,9-11H2. The molecule has 1 saturated heterocycles. The Labute approximate surface area is 127 Å². The van der Waals surface area contributed by atoms with Gasteiger partial charge in [-0.25, -0.2) is 9.97 Å². The first-order chi connectivity index (χ1) is 10.9. The highest BCUT2D eigenvalue weighted by atomic mass is 16.5. The monoisotopic (exact) mass is 293 g/mol. The second-order valence-electron chi connectivity index (χ2n) is 5.41. The van der Waals surface area contributed by atoms with Crippen molar-refractivity contribution < 1.29 is 4.52 Å². The van der Waals surface area contributed by atoms with Gasteiger partial charge in [0.25, 0.3) is 0 Å². The topological polar surface area (TPSA) is 67.9 Å². The van der Waals surface area contributed by atoms with Gasteiger partial charge in [-0.1, -0.05) is 35.5 Å². The zero-order valence-corrected chi connectivity index (χ0v) is 12.0. The Bertz CT molecular complexity index is 737. The first-order valence-corrected chi connectivity index (χ1v) is 7.26. The average molecular weight is 293 g/mol. The lowest BCUT2D eigenvalue weighted by molar-refractivity contribution is 0.117. The molecule has 0 bridgehead atoms. The van der Waals surface area contributed by atoms with Crippen molar-refractivity contribution >= 4 is 0 Å². The molecule has 6 nitrogen and oxygen atoms in total. The Balaban J connectivity index is 1.38. The number of aromatic nitrogens is 4. The van der Waals surface area contributed by atoms with Gasteiger partial charge >= 0.3 is 0 Å². The summed E-state index contributed by atoms with van der Waals surface area (Å²) in [6.45, 7) is 2.83. The molecule has 0 amide bonds. The molecule has 1 aromatic carbocycles. The van der Waals surface area contributed by atoms with E-state index in [1.54, 1.807) is 18.5 Å². The molecule has 0 atom stereocenters. The van der Waals surface area contributed by atoms with Crippen LogP contribution in [-0.2, 0) is 6.54 Å². The van der Waals surface area contributed by atoms with Crippen molar-refractivity contribution in [2.24, 2.45) is 0 Å². The van der Waals surface area contributed by atoms with Crippen molar-refractivity contribution in [2.45, 2.75) is 12.5 Å². The van der Waals surface area contributed by atoms with Crippen LogP contribution < -0.4 is 0 Å². The third-order valence-corrected chi connectivity index (χ3v) is 3.76. The number of nitrogens with zero attached hydrogens (tertiary/aromatic N) is 5. The molecule has 0 spiro atoms. The van der Waals surface area contributed by atoms with E-state index in [1.807, 2.05) is 6.07 Å². The molecule has 1 aliphatic heterocycles. The van der Waals surface area contributed by atoms with Crippen molar-refractivity contribution in [1.82, 2.24) is 25.0 Å². The van der Waals surface area contributed by atoms with Crippen LogP contribution >= 0.6 is 0 Å². The maximum absolute atomic E-state index is 5.35. The molecule has 3 aromatic rings. The molecule has 1 aliphatic rings. The fourth-order valence-electron chi connectivity index (χ4n) is 2.60. The van der Waals surface area contributed by atoms with Gasteiger partial charge in [0.05, 0.1) is 5.92 Å². The largest absolute Gasteiger partial charge is 0.338 e. The Morgan fingerprint density at radius 2 is 1.77 bits per heavy atom. The molecule has 0 unspecified atom stereocenters. The molecule has 0 radical (unpaired) electrons. The van der Waals surface area contributed by atoms with Crippen LogP contribution in [0.5, 0.6) is 0 Å². The van der Waals surface area contributed by atoms with Crippen molar-refractivity contribution in [1.29, 1.82) is 0 Å². The summed E-state index contributed by atoms with van der Waals surface area (Å²) in [5, 5.41) is 3.97. The van der Waals surface area contributed by atoms with E-state index in [1.165, 1.54) is 5.56 Å². The molecular weight excluding hydrogens is 278 g/mol. The molecule has 1 fully saturated rings. The number of rotatable bonds is 4. The lowest BCUT2D eigenvalue weighted by Crippen LogP contribution is -2.44. The van der Waals surface area contributed by atoms with E-state index < -0.39 is 0 Å². The predicted octanol–water partition coefficient (Wildman–Crippen LogP) is 2.13.